The number of tetrazole rings is 1. The Morgan fingerprint density at radius 2 is 2.05 bits per heavy atom. The van der Waals surface area contributed by atoms with E-state index in [0.717, 1.165) is 6.07 Å². The number of hydrogen-bond acceptors (Lipinski definition) is 5. The maximum Gasteiger partial charge on any atom is 0.573 e. The van der Waals surface area contributed by atoms with Crippen molar-refractivity contribution >= 4 is 15.9 Å². The van der Waals surface area contributed by atoms with Crippen LogP contribution in [0.15, 0.2) is 22.7 Å². The van der Waals surface area contributed by atoms with Crippen molar-refractivity contribution in [1.82, 2.24) is 20.2 Å². The van der Waals surface area contributed by atoms with E-state index in [1.54, 1.807) is 7.05 Å². The Morgan fingerprint density at radius 1 is 1.32 bits per heavy atom. The number of nitrogens with zero attached hydrogens (tertiary/aromatic N) is 4. The molecule has 0 aliphatic heterocycles. The van der Waals surface area contributed by atoms with Crippen LogP contribution in [-0.2, 0) is 7.05 Å². The third-order valence-electron chi connectivity index (χ3n) is 1.92. The first kappa shape index (κ1) is 13.6. The lowest BCUT2D eigenvalue weighted by atomic mass is 10.3. The maximum absolute atomic E-state index is 12.1. The van der Waals surface area contributed by atoms with Crippen LogP contribution >= 0.6 is 15.9 Å². The molecule has 0 atom stereocenters. The van der Waals surface area contributed by atoms with E-state index in [0.29, 0.717) is 0 Å². The van der Waals surface area contributed by atoms with Crippen molar-refractivity contribution in [2.45, 2.75) is 6.36 Å². The Kier molecular flexibility index (Phi) is 3.60. The second-order valence-corrected chi connectivity index (χ2v) is 4.18. The molecule has 102 valence electrons. The Labute approximate surface area is 113 Å². The normalized spacial score (nSPS) is 11.4. The first-order chi connectivity index (χ1) is 8.85. The minimum atomic E-state index is -4.75. The van der Waals surface area contributed by atoms with Gasteiger partial charge in [-0.15, -0.1) is 13.2 Å². The van der Waals surface area contributed by atoms with E-state index >= 15 is 0 Å². The zero-order valence-electron chi connectivity index (χ0n) is 9.35. The molecule has 0 amide bonds. The molecule has 0 aliphatic carbocycles. The number of aryl methyl sites for hydroxylation is 1. The summed E-state index contributed by atoms with van der Waals surface area (Å²) in [6.45, 7) is 0. The topological polar surface area (TPSA) is 62.1 Å². The zero-order valence-corrected chi connectivity index (χ0v) is 10.9. The van der Waals surface area contributed by atoms with E-state index in [1.807, 2.05) is 0 Å². The quantitative estimate of drug-likeness (QED) is 0.860. The number of hydrogen-bond donors (Lipinski definition) is 0. The predicted octanol–water partition coefficient (Wildman–Crippen LogP) is 2.66. The van der Waals surface area contributed by atoms with Gasteiger partial charge >= 0.3 is 12.4 Å². The summed E-state index contributed by atoms with van der Waals surface area (Å²) in [5.41, 5.74) is 0. The molecular formula is C9H6BrF3N4O2. The summed E-state index contributed by atoms with van der Waals surface area (Å²) in [7, 11) is 1.56. The van der Waals surface area contributed by atoms with Crippen LogP contribution in [0.25, 0.3) is 0 Å². The minimum absolute atomic E-state index is 0.0949. The van der Waals surface area contributed by atoms with Gasteiger partial charge in [-0.2, -0.15) is 4.68 Å². The first-order valence-corrected chi connectivity index (χ1v) is 5.60. The van der Waals surface area contributed by atoms with Crippen LogP contribution in [0, 0.1) is 0 Å². The van der Waals surface area contributed by atoms with Crippen LogP contribution in [0.4, 0.5) is 13.2 Å². The van der Waals surface area contributed by atoms with Gasteiger partial charge in [-0.3, -0.25) is 0 Å². The first-order valence-electron chi connectivity index (χ1n) is 4.80. The highest BCUT2D eigenvalue weighted by molar-refractivity contribution is 9.10. The molecule has 19 heavy (non-hydrogen) atoms. The number of ether oxygens (including phenoxy) is 2. The van der Waals surface area contributed by atoms with Crippen LogP contribution in [0.5, 0.6) is 17.5 Å². The molecular weight excluding hydrogens is 333 g/mol. The van der Waals surface area contributed by atoms with Crippen LogP contribution < -0.4 is 9.47 Å². The van der Waals surface area contributed by atoms with Crippen LogP contribution in [0.2, 0.25) is 0 Å². The summed E-state index contributed by atoms with van der Waals surface area (Å²) in [6.07, 6.45) is -4.75. The van der Waals surface area contributed by atoms with E-state index in [1.165, 1.54) is 16.8 Å². The van der Waals surface area contributed by atoms with Gasteiger partial charge in [-0.1, -0.05) is 5.10 Å². The molecule has 1 heterocycles. The van der Waals surface area contributed by atoms with Gasteiger partial charge in [-0.05, 0) is 44.6 Å². The molecule has 0 unspecified atom stereocenters. The van der Waals surface area contributed by atoms with Crippen molar-refractivity contribution in [2.24, 2.45) is 7.05 Å². The maximum atomic E-state index is 12.1. The molecule has 0 saturated heterocycles. The lowest BCUT2D eigenvalue weighted by Crippen LogP contribution is -2.17. The minimum Gasteiger partial charge on any atom is -0.423 e. The predicted molar refractivity (Wildman–Crippen MR) is 59.7 cm³/mol. The molecule has 0 radical (unpaired) electrons. The van der Waals surface area contributed by atoms with Crippen molar-refractivity contribution in [2.75, 3.05) is 0 Å². The highest BCUT2D eigenvalue weighted by Crippen LogP contribution is 2.34. The van der Waals surface area contributed by atoms with E-state index in [9.17, 15) is 13.2 Å². The summed E-state index contributed by atoms with van der Waals surface area (Å²) in [4.78, 5) is 0. The zero-order chi connectivity index (χ0) is 14.0. The van der Waals surface area contributed by atoms with Crippen molar-refractivity contribution < 1.29 is 22.6 Å². The molecule has 6 nitrogen and oxygen atoms in total. The monoisotopic (exact) mass is 338 g/mol. The second-order valence-electron chi connectivity index (χ2n) is 3.33. The standard InChI is InChI=1S/C9H6BrF3N4O2/c1-17-8(14-15-16-17)18-5-2-3-7(6(10)4-5)19-9(11,12)13/h2-4H,1H3. The molecule has 0 bridgehead atoms. The van der Waals surface area contributed by atoms with Gasteiger partial charge in [0.25, 0.3) is 0 Å². The largest absolute Gasteiger partial charge is 0.573 e. The molecule has 0 spiro atoms. The Hall–Kier alpha value is -1.84. The third-order valence-corrected chi connectivity index (χ3v) is 2.54. The van der Waals surface area contributed by atoms with Gasteiger partial charge in [0.2, 0.25) is 0 Å². The molecule has 0 fully saturated rings. The molecule has 0 N–H and O–H groups in total. The molecule has 0 saturated carbocycles. The van der Waals surface area contributed by atoms with Gasteiger partial charge < -0.3 is 9.47 Å². The average Bonchev–Trinajstić information content (AvgIpc) is 2.67. The summed E-state index contributed by atoms with van der Waals surface area (Å²) >= 11 is 2.96. The number of benzene rings is 1. The molecule has 2 rings (SSSR count). The summed E-state index contributed by atoms with van der Waals surface area (Å²) in [5.74, 6) is -0.102. The van der Waals surface area contributed by atoms with Crippen molar-refractivity contribution in [1.29, 1.82) is 0 Å². The third kappa shape index (κ3) is 3.56. The smallest absolute Gasteiger partial charge is 0.423 e. The van der Waals surface area contributed by atoms with Gasteiger partial charge in [-0.25, -0.2) is 0 Å². The van der Waals surface area contributed by atoms with E-state index < -0.39 is 6.36 Å². The highest BCUT2D eigenvalue weighted by Gasteiger charge is 2.32. The summed E-state index contributed by atoms with van der Waals surface area (Å²) in [5, 5.41) is 10.5. The molecule has 1 aromatic carbocycles. The van der Waals surface area contributed by atoms with Gasteiger partial charge in [0.1, 0.15) is 11.5 Å². The summed E-state index contributed by atoms with van der Waals surface area (Å²) < 4.78 is 46.7. The fourth-order valence-electron chi connectivity index (χ4n) is 1.17. The van der Waals surface area contributed by atoms with Crippen molar-refractivity contribution in [3.05, 3.63) is 22.7 Å². The lowest BCUT2D eigenvalue weighted by molar-refractivity contribution is -0.274. The fourth-order valence-corrected chi connectivity index (χ4v) is 1.60. The molecule has 0 aliphatic rings. The number of aromatic nitrogens is 4. The van der Waals surface area contributed by atoms with Crippen molar-refractivity contribution in [3.63, 3.8) is 0 Å². The summed E-state index contributed by atoms with van der Waals surface area (Å²) in [6, 6.07) is 3.85. The SMILES string of the molecule is Cn1nnnc1Oc1ccc(OC(F)(F)F)c(Br)c1. The number of rotatable bonds is 3. The Bertz CT molecular complexity index is 587. The van der Waals surface area contributed by atoms with E-state index in [4.69, 9.17) is 4.74 Å². The Morgan fingerprint density at radius 3 is 2.58 bits per heavy atom. The van der Waals surface area contributed by atoms with Gasteiger partial charge in [0, 0.05) is 7.05 Å². The average molecular weight is 339 g/mol. The van der Waals surface area contributed by atoms with Gasteiger partial charge in [0.15, 0.2) is 0 Å². The molecule has 10 heteroatoms. The lowest BCUT2D eigenvalue weighted by Gasteiger charge is -2.11. The Balaban J connectivity index is 2.17. The molecule has 2 aromatic rings. The van der Waals surface area contributed by atoms with Gasteiger partial charge in [0.05, 0.1) is 4.47 Å². The fraction of sp³-hybridized carbons (Fsp3) is 0.222. The van der Waals surface area contributed by atoms with Crippen LogP contribution in [0.1, 0.15) is 0 Å². The second kappa shape index (κ2) is 5.03. The number of alkyl halides is 3. The number of halogens is 4. The molecule has 1 aromatic heterocycles. The van der Waals surface area contributed by atoms with Crippen molar-refractivity contribution in [3.8, 4) is 17.5 Å². The highest BCUT2D eigenvalue weighted by atomic mass is 79.9. The van der Waals surface area contributed by atoms with E-state index in [-0.39, 0.29) is 22.0 Å². The van der Waals surface area contributed by atoms with Crippen LogP contribution in [-0.4, -0.2) is 26.6 Å². The van der Waals surface area contributed by atoms with E-state index in [2.05, 4.69) is 36.2 Å². The van der Waals surface area contributed by atoms with Crippen LogP contribution in [0.3, 0.4) is 0 Å².